The van der Waals surface area contributed by atoms with Gasteiger partial charge in [0.05, 0.1) is 25.9 Å². The van der Waals surface area contributed by atoms with E-state index in [2.05, 4.69) is 29.6 Å². The Bertz CT molecular complexity index is 411. The summed E-state index contributed by atoms with van der Waals surface area (Å²) in [5, 5.41) is 3.43. The molecular formula is C16H23NO2. The van der Waals surface area contributed by atoms with Crippen molar-refractivity contribution in [1.29, 1.82) is 0 Å². The lowest BCUT2D eigenvalue weighted by molar-refractivity contribution is -0.101. The molecule has 1 saturated heterocycles. The van der Waals surface area contributed by atoms with Crippen LogP contribution in [-0.2, 0) is 9.47 Å². The van der Waals surface area contributed by atoms with Gasteiger partial charge in [-0.25, -0.2) is 0 Å². The number of likely N-dealkylation sites (N-methyl/N-ethyl adjacent to an activating group) is 1. The van der Waals surface area contributed by atoms with Gasteiger partial charge in [0.1, 0.15) is 6.10 Å². The molecule has 19 heavy (non-hydrogen) atoms. The van der Waals surface area contributed by atoms with Crippen LogP contribution in [0.25, 0.3) is 0 Å². The number of rotatable bonds is 4. The Morgan fingerprint density at radius 1 is 1.21 bits per heavy atom. The fraction of sp³-hybridized carbons (Fsp3) is 0.625. The topological polar surface area (TPSA) is 30.5 Å². The van der Waals surface area contributed by atoms with Gasteiger partial charge in [-0.1, -0.05) is 30.7 Å². The van der Waals surface area contributed by atoms with E-state index in [-0.39, 0.29) is 12.1 Å². The van der Waals surface area contributed by atoms with E-state index in [4.69, 9.17) is 9.47 Å². The molecule has 0 radical (unpaired) electrons. The van der Waals surface area contributed by atoms with Gasteiger partial charge in [0.25, 0.3) is 0 Å². The highest BCUT2D eigenvalue weighted by Crippen LogP contribution is 2.40. The molecule has 2 aliphatic rings. The van der Waals surface area contributed by atoms with Crippen molar-refractivity contribution in [2.24, 2.45) is 0 Å². The third-order valence-electron chi connectivity index (χ3n) is 4.40. The van der Waals surface area contributed by atoms with Gasteiger partial charge in [-0.3, -0.25) is 0 Å². The van der Waals surface area contributed by atoms with Gasteiger partial charge in [0, 0.05) is 0 Å². The summed E-state index contributed by atoms with van der Waals surface area (Å²) in [5.41, 5.74) is 2.90. The van der Waals surface area contributed by atoms with Crippen molar-refractivity contribution >= 4 is 0 Å². The van der Waals surface area contributed by atoms with E-state index in [1.54, 1.807) is 0 Å². The fourth-order valence-corrected chi connectivity index (χ4v) is 3.13. The van der Waals surface area contributed by atoms with E-state index in [0.29, 0.717) is 13.2 Å². The lowest BCUT2D eigenvalue weighted by Crippen LogP contribution is -2.40. The summed E-state index contributed by atoms with van der Waals surface area (Å²) in [6.45, 7) is 2.11. The zero-order chi connectivity index (χ0) is 13.1. The highest BCUT2D eigenvalue weighted by Gasteiger charge is 2.30. The van der Waals surface area contributed by atoms with Crippen molar-refractivity contribution in [3.05, 3.63) is 35.4 Å². The van der Waals surface area contributed by atoms with Gasteiger partial charge in [0.2, 0.25) is 0 Å². The molecular weight excluding hydrogens is 238 g/mol. The van der Waals surface area contributed by atoms with Crippen molar-refractivity contribution in [3.8, 4) is 0 Å². The van der Waals surface area contributed by atoms with Crippen molar-refractivity contribution in [2.45, 2.75) is 37.3 Å². The Kier molecular flexibility index (Phi) is 4.16. The molecule has 1 aliphatic carbocycles. The lowest BCUT2D eigenvalue weighted by Gasteiger charge is -2.34. The molecule has 1 N–H and O–H groups in total. The van der Waals surface area contributed by atoms with Crippen LogP contribution in [0.4, 0.5) is 0 Å². The molecule has 0 aromatic heterocycles. The minimum Gasteiger partial charge on any atom is -0.376 e. The lowest BCUT2D eigenvalue weighted by atomic mass is 9.76. The summed E-state index contributed by atoms with van der Waals surface area (Å²) in [6, 6.07) is 9.05. The summed E-state index contributed by atoms with van der Waals surface area (Å²) in [5.74, 6) is 0.747. The van der Waals surface area contributed by atoms with Crippen LogP contribution >= 0.6 is 0 Å². The normalized spacial score (nSPS) is 25.8. The van der Waals surface area contributed by atoms with Gasteiger partial charge < -0.3 is 14.8 Å². The molecule has 0 bridgehead atoms. The molecule has 2 atom stereocenters. The quantitative estimate of drug-likeness (QED) is 0.904. The third kappa shape index (κ3) is 2.69. The first-order valence-electron chi connectivity index (χ1n) is 7.35. The van der Waals surface area contributed by atoms with Crippen molar-refractivity contribution in [2.75, 3.05) is 26.9 Å². The Hall–Kier alpha value is -0.900. The number of hydrogen-bond donors (Lipinski definition) is 1. The predicted octanol–water partition coefficient (Wildman–Crippen LogP) is 2.63. The van der Waals surface area contributed by atoms with Crippen molar-refractivity contribution in [3.63, 3.8) is 0 Å². The van der Waals surface area contributed by atoms with Crippen LogP contribution < -0.4 is 5.32 Å². The van der Waals surface area contributed by atoms with Crippen LogP contribution in [0.1, 0.15) is 42.3 Å². The first-order chi connectivity index (χ1) is 9.40. The Morgan fingerprint density at radius 2 is 2.05 bits per heavy atom. The summed E-state index contributed by atoms with van der Waals surface area (Å²) in [6.07, 6.45) is 4.15. The summed E-state index contributed by atoms with van der Waals surface area (Å²) in [7, 11) is 2.01. The molecule has 2 fully saturated rings. The minimum absolute atomic E-state index is 0.125. The maximum Gasteiger partial charge on any atom is 0.100 e. The van der Waals surface area contributed by atoms with E-state index in [0.717, 1.165) is 12.5 Å². The second-order valence-corrected chi connectivity index (χ2v) is 5.51. The summed E-state index contributed by atoms with van der Waals surface area (Å²) < 4.78 is 11.4. The first-order valence-corrected chi connectivity index (χ1v) is 7.35. The van der Waals surface area contributed by atoms with E-state index < -0.39 is 0 Å². The zero-order valence-electron chi connectivity index (χ0n) is 11.6. The maximum atomic E-state index is 5.88. The molecule has 1 aliphatic heterocycles. The van der Waals surface area contributed by atoms with Crippen LogP contribution in [0.15, 0.2) is 24.3 Å². The van der Waals surface area contributed by atoms with Gasteiger partial charge >= 0.3 is 0 Å². The molecule has 2 unspecified atom stereocenters. The molecule has 1 saturated carbocycles. The van der Waals surface area contributed by atoms with E-state index in [1.807, 2.05) is 7.05 Å². The minimum atomic E-state index is 0.125. The van der Waals surface area contributed by atoms with Crippen LogP contribution in [0.5, 0.6) is 0 Å². The molecule has 104 valence electrons. The second kappa shape index (κ2) is 6.04. The number of benzene rings is 1. The standard InChI is InChI=1S/C16H23NO2/c1-17-16(15-11-18-9-10-19-15)14-8-3-2-7-13(14)12-5-4-6-12/h2-3,7-8,12,15-17H,4-6,9-11H2,1H3. The molecule has 3 heteroatoms. The molecule has 0 amide bonds. The summed E-state index contributed by atoms with van der Waals surface area (Å²) in [4.78, 5) is 0. The zero-order valence-corrected chi connectivity index (χ0v) is 11.6. The number of nitrogens with one attached hydrogen (secondary N) is 1. The smallest absolute Gasteiger partial charge is 0.100 e. The van der Waals surface area contributed by atoms with Crippen LogP contribution in [0.3, 0.4) is 0 Å². The van der Waals surface area contributed by atoms with E-state index in [9.17, 15) is 0 Å². The first kappa shape index (κ1) is 13.1. The number of ether oxygens (including phenoxy) is 2. The summed E-state index contributed by atoms with van der Waals surface area (Å²) >= 11 is 0. The van der Waals surface area contributed by atoms with Gasteiger partial charge in [-0.2, -0.15) is 0 Å². The molecule has 3 rings (SSSR count). The number of hydrogen-bond acceptors (Lipinski definition) is 3. The van der Waals surface area contributed by atoms with Crippen LogP contribution in [-0.4, -0.2) is 33.0 Å². The Morgan fingerprint density at radius 3 is 2.68 bits per heavy atom. The van der Waals surface area contributed by atoms with Crippen molar-refractivity contribution < 1.29 is 9.47 Å². The molecule has 1 aromatic carbocycles. The largest absolute Gasteiger partial charge is 0.376 e. The van der Waals surface area contributed by atoms with Gasteiger partial charge in [-0.15, -0.1) is 0 Å². The highest BCUT2D eigenvalue weighted by atomic mass is 16.6. The van der Waals surface area contributed by atoms with Crippen LogP contribution in [0.2, 0.25) is 0 Å². The Balaban J connectivity index is 1.85. The van der Waals surface area contributed by atoms with E-state index >= 15 is 0 Å². The highest BCUT2D eigenvalue weighted by molar-refractivity contribution is 5.35. The average molecular weight is 261 g/mol. The Labute approximate surface area is 115 Å². The SMILES string of the molecule is CNC(c1ccccc1C1CCC1)C1COCCO1. The van der Waals surface area contributed by atoms with Gasteiger partial charge in [-0.05, 0) is 36.9 Å². The molecule has 1 aromatic rings. The van der Waals surface area contributed by atoms with Crippen LogP contribution in [0, 0.1) is 0 Å². The molecule has 1 heterocycles. The van der Waals surface area contributed by atoms with E-state index in [1.165, 1.54) is 30.4 Å². The second-order valence-electron chi connectivity index (χ2n) is 5.51. The van der Waals surface area contributed by atoms with Crippen molar-refractivity contribution in [1.82, 2.24) is 5.32 Å². The average Bonchev–Trinajstić information content (AvgIpc) is 2.41. The molecule has 3 nitrogen and oxygen atoms in total. The molecule has 0 spiro atoms. The fourth-order valence-electron chi connectivity index (χ4n) is 3.13. The predicted molar refractivity (Wildman–Crippen MR) is 75.4 cm³/mol. The third-order valence-corrected chi connectivity index (χ3v) is 4.40. The monoisotopic (exact) mass is 261 g/mol. The van der Waals surface area contributed by atoms with Gasteiger partial charge in [0.15, 0.2) is 0 Å². The maximum absolute atomic E-state index is 5.88.